The van der Waals surface area contributed by atoms with Gasteiger partial charge in [-0.25, -0.2) is 0 Å². The molecule has 1 aromatic heterocycles. The molecule has 0 aliphatic carbocycles. The third-order valence-electron chi connectivity index (χ3n) is 1.56. The number of anilines is 1. The van der Waals surface area contributed by atoms with Crippen LogP contribution in [-0.4, -0.2) is 16.1 Å². The van der Waals surface area contributed by atoms with Crippen molar-refractivity contribution in [2.45, 2.75) is 13.0 Å². The molecule has 1 aromatic rings. The standard InChI is InChI=1S/C8H12N4O/c1-2-3-7(13)10-4-6-5-11-12-8(6)9/h2,5H,1,3-4H2,(H,10,13)(H3,9,11,12). The molecule has 4 N–H and O–H groups in total. The molecule has 0 bridgehead atoms. The van der Waals surface area contributed by atoms with Crippen LogP contribution in [0.15, 0.2) is 18.9 Å². The Morgan fingerprint density at radius 2 is 2.62 bits per heavy atom. The summed E-state index contributed by atoms with van der Waals surface area (Å²) >= 11 is 0. The number of carbonyl (C=O) groups excluding carboxylic acids is 1. The van der Waals surface area contributed by atoms with Crippen molar-refractivity contribution in [3.05, 3.63) is 24.4 Å². The van der Waals surface area contributed by atoms with E-state index in [-0.39, 0.29) is 5.91 Å². The molecule has 0 radical (unpaired) electrons. The Morgan fingerprint density at radius 1 is 1.85 bits per heavy atom. The molecule has 70 valence electrons. The van der Waals surface area contributed by atoms with E-state index in [0.29, 0.717) is 18.8 Å². The van der Waals surface area contributed by atoms with Crippen molar-refractivity contribution in [3.8, 4) is 0 Å². The van der Waals surface area contributed by atoms with E-state index in [4.69, 9.17) is 5.73 Å². The SMILES string of the molecule is C=CCC(=O)NCc1cn[nH]c1N. The highest BCUT2D eigenvalue weighted by Crippen LogP contribution is 2.04. The summed E-state index contributed by atoms with van der Waals surface area (Å²) < 4.78 is 0. The maximum absolute atomic E-state index is 11.0. The quantitative estimate of drug-likeness (QED) is 0.578. The number of rotatable bonds is 4. The smallest absolute Gasteiger partial charge is 0.224 e. The molecule has 0 aliphatic heterocycles. The van der Waals surface area contributed by atoms with Crippen molar-refractivity contribution in [1.29, 1.82) is 0 Å². The highest BCUT2D eigenvalue weighted by atomic mass is 16.1. The fourth-order valence-electron chi connectivity index (χ4n) is 0.859. The van der Waals surface area contributed by atoms with Crippen LogP contribution in [0.1, 0.15) is 12.0 Å². The van der Waals surface area contributed by atoms with Gasteiger partial charge in [0.2, 0.25) is 5.91 Å². The molecule has 0 saturated heterocycles. The van der Waals surface area contributed by atoms with Gasteiger partial charge in [0.05, 0.1) is 6.20 Å². The maximum atomic E-state index is 11.0. The third-order valence-corrected chi connectivity index (χ3v) is 1.56. The number of hydrogen-bond acceptors (Lipinski definition) is 3. The third kappa shape index (κ3) is 2.62. The van der Waals surface area contributed by atoms with Gasteiger partial charge < -0.3 is 11.1 Å². The summed E-state index contributed by atoms with van der Waals surface area (Å²) in [5.74, 6) is 0.412. The van der Waals surface area contributed by atoms with Gasteiger partial charge in [0, 0.05) is 18.5 Å². The van der Waals surface area contributed by atoms with Crippen molar-refractivity contribution in [1.82, 2.24) is 15.5 Å². The average Bonchev–Trinajstić information content (AvgIpc) is 2.48. The number of nitrogens with two attached hydrogens (primary N) is 1. The van der Waals surface area contributed by atoms with Crippen molar-refractivity contribution in [2.24, 2.45) is 0 Å². The molecule has 5 heteroatoms. The molecule has 0 atom stereocenters. The van der Waals surface area contributed by atoms with E-state index in [0.717, 1.165) is 5.56 Å². The molecular weight excluding hydrogens is 168 g/mol. The lowest BCUT2D eigenvalue weighted by Crippen LogP contribution is -2.21. The molecule has 13 heavy (non-hydrogen) atoms. The Morgan fingerprint density at radius 3 is 3.15 bits per heavy atom. The monoisotopic (exact) mass is 180 g/mol. The van der Waals surface area contributed by atoms with Gasteiger partial charge in [-0.2, -0.15) is 5.10 Å². The number of hydrogen-bond donors (Lipinski definition) is 3. The first-order chi connectivity index (χ1) is 6.24. The number of nitrogen functional groups attached to an aromatic ring is 1. The Balaban J connectivity index is 2.39. The van der Waals surface area contributed by atoms with Crippen molar-refractivity contribution in [2.75, 3.05) is 5.73 Å². The number of carbonyl (C=O) groups is 1. The minimum Gasteiger partial charge on any atom is -0.384 e. The van der Waals surface area contributed by atoms with Crippen LogP contribution >= 0.6 is 0 Å². The zero-order valence-corrected chi connectivity index (χ0v) is 7.21. The van der Waals surface area contributed by atoms with E-state index in [1.165, 1.54) is 0 Å². The van der Waals surface area contributed by atoms with E-state index in [1.807, 2.05) is 0 Å². The minimum atomic E-state index is -0.0735. The lowest BCUT2D eigenvalue weighted by molar-refractivity contribution is -0.120. The summed E-state index contributed by atoms with van der Waals surface area (Å²) in [5.41, 5.74) is 6.30. The second kappa shape index (κ2) is 4.30. The second-order valence-corrected chi connectivity index (χ2v) is 2.58. The number of amides is 1. The molecule has 1 amide bonds. The Kier molecular flexibility index (Phi) is 3.08. The molecule has 0 saturated carbocycles. The predicted molar refractivity (Wildman–Crippen MR) is 49.7 cm³/mol. The fraction of sp³-hybridized carbons (Fsp3) is 0.250. The first-order valence-corrected chi connectivity index (χ1v) is 3.89. The maximum Gasteiger partial charge on any atom is 0.224 e. The van der Waals surface area contributed by atoms with Crippen LogP contribution in [0.4, 0.5) is 5.82 Å². The van der Waals surface area contributed by atoms with Gasteiger partial charge in [0.25, 0.3) is 0 Å². The fourth-order valence-corrected chi connectivity index (χ4v) is 0.859. The van der Waals surface area contributed by atoms with Gasteiger partial charge in [0.15, 0.2) is 0 Å². The lowest BCUT2D eigenvalue weighted by Gasteiger charge is -2.01. The van der Waals surface area contributed by atoms with E-state index in [9.17, 15) is 4.79 Å². The highest BCUT2D eigenvalue weighted by Gasteiger charge is 2.02. The van der Waals surface area contributed by atoms with Crippen LogP contribution in [0.5, 0.6) is 0 Å². The molecule has 0 fully saturated rings. The van der Waals surface area contributed by atoms with Gasteiger partial charge in [0.1, 0.15) is 5.82 Å². The van der Waals surface area contributed by atoms with Gasteiger partial charge in [-0.15, -0.1) is 6.58 Å². The zero-order chi connectivity index (χ0) is 9.68. The van der Waals surface area contributed by atoms with Gasteiger partial charge in [-0.05, 0) is 0 Å². The summed E-state index contributed by atoms with van der Waals surface area (Å²) in [6, 6.07) is 0. The molecular formula is C8H12N4O. The van der Waals surface area contributed by atoms with Crippen molar-refractivity contribution in [3.63, 3.8) is 0 Å². The van der Waals surface area contributed by atoms with Gasteiger partial charge in [-0.1, -0.05) is 6.08 Å². The van der Waals surface area contributed by atoms with E-state index in [2.05, 4.69) is 22.1 Å². The molecule has 0 unspecified atom stereocenters. The molecule has 5 nitrogen and oxygen atoms in total. The van der Waals surface area contributed by atoms with E-state index < -0.39 is 0 Å². The predicted octanol–water partition coefficient (Wildman–Crippen LogP) is 0.184. The summed E-state index contributed by atoms with van der Waals surface area (Å²) in [5, 5.41) is 8.98. The van der Waals surface area contributed by atoms with Crippen LogP contribution in [-0.2, 0) is 11.3 Å². The summed E-state index contributed by atoms with van der Waals surface area (Å²) in [7, 11) is 0. The van der Waals surface area contributed by atoms with Crippen LogP contribution in [0.2, 0.25) is 0 Å². The number of aromatic nitrogens is 2. The van der Waals surface area contributed by atoms with Crippen LogP contribution in [0, 0.1) is 0 Å². The Labute approximate surface area is 76.0 Å². The van der Waals surface area contributed by atoms with Crippen LogP contribution in [0.3, 0.4) is 0 Å². The Bertz CT molecular complexity index is 305. The topological polar surface area (TPSA) is 83.8 Å². The summed E-state index contributed by atoms with van der Waals surface area (Å²) in [4.78, 5) is 11.0. The number of nitrogens with zero attached hydrogens (tertiary/aromatic N) is 1. The van der Waals surface area contributed by atoms with Gasteiger partial charge >= 0.3 is 0 Å². The van der Waals surface area contributed by atoms with Crippen molar-refractivity contribution < 1.29 is 4.79 Å². The second-order valence-electron chi connectivity index (χ2n) is 2.58. The molecule has 0 aromatic carbocycles. The summed E-state index contributed by atoms with van der Waals surface area (Å²) in [6.07, 6.45) is 3.45. The number of aromatic amines is 1. The Hall–Kier alpha value is -1.78. The van der Waals surface area contributed by atoms with Crippen LogP contribution in [0.25, 0.3) is 0 Å². The average molecular weight is 180 g/mol. The first-order valence-electron chi connectivity index (χ1n) is 3.89. The summed E-state index contributed by atoms with van der Waals surface area (Å²) in [6.45, 7) is 3.86. The number of nitrogens with one attached hydrogen (secondary N) is 2. The zero-order valence-electron chi connectivity index (χ0n) is 7.21. The highest BCUT2D eigenvalue weighted by molar-refractivity contribution is 5.77. The van der Waals surface area contributed by atoms with E-state index >= 15 is 0 Å². The van der Waals surface area contributed by atoms with Gasteiger partial charge in [-0.3, -0.25) is 9.89 Å². The number of H-pyrrole nitrogens is 1. The molecule has 0 spiro atoms. The molecule has 1 rings (SSSR count). The largest absolute Gasteiger partial charge is 0.384 e. The van der Waals surface area contributed by atoms with E-state index in [1.54, 1.807) is 12.3 Å². The molecule has 0 aliphatic rings. The molecule has 1 heterocycles. The minimum absolute atomic E-state index is 0.0735. The normalized spacial score (nSPS) is 9.54. The van der Waals surface area contributed by atoms with Crippen molar-refractivity contribution >= 4 is 11.7 Å². The van der Waals surface area contributed by atoms with Crippen LogP contribution < -0.4 is 11.1 Å². The first kappa shape index (κ1) is 9.31. The lowest BCUT2D eigenvalue weighted by atomic mass is 10.3.